The first-order chi connectivity index (χ1) is 8.41. The molecule has 0 atom stereocenters. The maximum absolute atomic E-state index is 13.4. The second-order valence-electron chi connectivity index (χ2n) is 3.51. The van der Waals surface area contributed by atoms with Crippen LogP contribution in [0.3, 0.4) is 0 Å². The summed E-state index contributed by atoms with van der Waals surface area (Å²) >= 11 is 0. The fourth-order valence-corrected chi connectivity index (χ4v) is 1.25. The first-order valence-electron chi connectivity index (χ1n) is 5.00. The van der Waals surface area contributed by atoms with Crippen molar-refractivity contribution < 1.29 is 27.8 Å². The molecule has 18 heavy (non-hydrogen) atoms. The van der Waals surface area contributed by atoms with E-state index in [1.54, 1.807) is 0 Å². The van der Waals surface area contributed by atoms with Crippen LogP contribution in [-0.2, 0) is 0 Å². The lowest BCUT2D eigenvalue weighted by molar-refractivity contribution is -0.0462. The van der Waals surface area contributed by atoms with Crippen molar-refractivity contribution in [2.24, 2.45) is 0 Å². The van der Waals surface area contributed by atoms with Crippen molar-refractivity contribution in [2.45, 2.75) is 5.92 Å². The largest absolute Gasteiger partial charge is 0.496 e. The Morgan fingerprint density at radius 3 is 2.72 bits per heavy atom. The maximum Gasteiger partial charge on any atom is 0.287 e. The Bertz CT molecular complexity index is 438. The molecule has 0 aliphatic carbocycles. The van der Waals surface area contributed by atoms with E-state index in [1.807, 2.05) is 5.32 Å². The minimum absolute atomic E-state index is 0.0557. The van der Waals surface area contributed by atoms with Gasteiger partial charge in [-0.3, -0.25) is 4.79 Å². The Hall–Kier alpha value is -1.76. The molecule has 4 nitrogen and oxygen atoms in total. The normalized spacial score (nSPS) is 11.2. The van der Waals surface area contributed by atoms with Crippen LogP contribution in [0.2, 0.25) is 0 Å². The van der Waals surface area contributed by atoms with E-state index in [1.165, 1.54) is 19.2 Å². The number of carbonyl (C=O) groups excluding carboxylic acids is 1. The van der Waals surface area contributed by atoms with Crippen molar-refractivity contribution in [1.29, 1.82) is 0 Å². The van der Waals surface area contributed by atoms with E-state index in [2.05, 4.69) is 0 Å². The SMILES string of the molecule is COc1cccc(F)c1C(=O)NCC(F)(F)CO. The number of ether oxygens (including phenoxy) is 1. The van der Waals surface area contributed by atoms with Crippen molar-refractivity contribution >= 4 is 5.91 Å². The van der Waals surface area contributed by atoms with Crippen LogP contribution in [0, 0.1) is 5.82 Å². The van der Waals surface area contributed by atoms with E-state index in [0.717, 1.165) is 6.07 Å². The average molecular weight is 263 g/mol. The highest BCUT2D eigenvalue weighted by Gasteiger charge is 2.29. The first-order valence-corrected chi connectivity index (χ1v) is 5.00. The van der Waals surface area contributed by atoms with Crippen molar-refractivity contribution in [3.8, 4) is 5.75 Å². The minimum atomic E-state index is -3.45. The van der Waals surface area contributed by atoms with Gasteiger partial charge in [-0.1, -0.05) is 6.07 Å². The number of benzene rings is 1. The molecule has 0 bridgehead atoms. The second kappa shape index (κ2) is 5.72. The molecule has 0 unspecified atom stereocenters. The number of halogens is 3. The van der Waals surface area contributed by atoms with Gasteiger partial charge in [0.15, 0.2) is 0 Å². The third-order valence-electron chi connectivity index (χ3n) is 2.16. The number of aliphatic hydroxyl groups is 1. The van der Waals surface area contributed by atoms with Crippen molar-refractivity contribution in [3.05, 3.63) is 29.6 Å². The predicted octanol–water partition coefficient (Wildman–Crippen LogP) is 1.19. The predicted molar refractivity (Wildman–Crippen MR) is 57.3 cm³/mol. The van der Waals surface area contributed by atoms with E-state index in [4.69, 9.17) is 9.84 Å². The molecule has 0 saturated heterocycles. The van der Waals surface area contributed by atoms with Gasteiger partial charge in [0.25, 0.3) is 11.8 Å². The zero-order valence-corrected chi connectivity index (χ0v) is 9.54. The number of nitrogens with one attached hydrogen (secondary N) is 1. The van der Waals surface area contributed by atoms with Crippen LogP contribution in [0.4, 0.5) is 13.2 Å². The first kappa shape index (κ1) is 14.3. The van der Waals surface area contributed by atoms with Crippen molar-refractivity contribution in [3.63, 3.8) is 0 Å². The molecule has 0 fully saturated rings. The quantitative estimate of drug-likeness (QED) is 0.839. The zero-order valence-electron chi connectivity index (χ0n) is 9.54. The molecule has 1 aromatic carbocycles. The van der Waals surface area contributed by atoms with Crippen LogP contribution in [0.15, 0.2) is 18.2 Å². The van der Waals surface area contributed by atoms with E-state index in [-0.39, 0.29) is 5.75 Å². The molecular formula is C11H12F3NO3. The molecule has 0 aromatic heterocycles. The average Bonchev–Trinajstić information content (AvgIpc) is 2.35. The number of carbonyl (C=O) groups is 1. The lowest BCUT2D eigenvalue weighted by Gasteiger charge is -2.15. The van der Waals surface area contributed by atoms with Gasteiger partial charge in [-0.05, 0) is 12.1 Å². The molecule has 1 amide bonds. The fraction of sp³-hybridized carbons (Fsp3) is 0.364. The summed E-state index contributed by atoms with van der Waals surface area (Å²) in [7, 11) is 1.23. The summed E-state index contributed by atoms with van der Waals surface area (Å²) in [5.74, 6) is -5.41. The Morgan fingerprint density at radius 2 is 2.17 bits per heavy atom. The molecule has 7 heteroatoms. The molecule has 100 valence electrons. The van der Waals surface area contributed by atoms with Gasteiger partial charge < -0.3 is 15.2 Å². The van der Waals surface area contributed by atoms with Crippen LogP contribution in [0.1, 0.15) is 10.4 Å². The molecule has 0 heterocycles. The van der Waals surface area contributed by atoms with Gasteiger partial charge in [0.2, 0.25) is 0 Å². The van der Waals surface area contributed by atoms with Crippen LogP contribution in [0.5, 0.6) is 5.75 Å². The number of amides is 1. The van der Waals surface area contributed by atoms with Gasteiger partial charge in [0.1, 0.15) is 23.7 Å². The van der Waals surface area contributed by atoms with Crippen LogP contribution >= 0.6 is 0 Å². The number of hydrogen-bond acceptors (Lipinski definition) is 3. The smallest absolute Gasteiger partial charge is 0.287 e. The molecule has 0 radical (unpaired) electrons. The Labute approximate surface area is 101 Å². The number of aliphatic hydroxyl groups excluding tert-OH is 1. The van der Waals surface area contributed by atoms with Gasteiger partial charge >= 0.3 is 0 Å². The molecule has 0 spiro atoms. The van der Waals surface area contributed by atoms with Crippen LogP contribution < -0.4 is 10.1 Å². The van der Waals surface area contributed by atoms with Gasteiger partial charge in [0.05, 0.1) is 13.7 Å². The third kappa shape index (κ3) is 3.36. The Kier molecular flexibility index (Phi) is 4.55. The molecule has 1 aromatic rings. The van der Waals surface area contributed by atoms with Crippen molar-refractivity contribution in [2.75, 3.05) is 20.3 Å². The Morgan fingerprint density at radius 1 is 1.50 bits per heavy atom. The highest BCUT2D eigenvalue weighted by atomic mass is 19.3. The summed E-state index contributed by atoms with van der Waals surface area (Å²) in [6.45, 7) is -2.48. The standard InChI is InChI=1S/C11H12F3NO3/c1-18-8-4-2-3-7(12)9(8)10(17)15-5-11(13,14)6-16/h2-4,16H,5-6H2,1H3,(H,15,17). The lowest BCUT2D eigenvalue weighted by Crippen LogP contribution is -2.39. The maximum atomic E-state index is 13.4. The zero-order chi connectivity index (χ0) is 13.8. The monoisotopic (exact) mass is 263 g/mol. The van der Waals surface area contributed by atoms with E-state index in [9.17, 15) is 18.0 Å². The second-order valence-corrected chi connectivity index (χ2v) is 3.51. The van der Waals surface area contributed by atoms with E-state index >= 15 is 0 Å². The number of hydrogen-bond donors (Lipinski definition) is 2. The molecule has 0 saturated carbocycles. The van der Waals surface area contributed by atoms with E-state index < -0.39 is 36.4 Å². The molecule has 2 N–H and O–H groups in total. The van der Waals surface area contributed by atoms with Crippen LogP contribution in [0.25, 0.3) is 0 Å². The summed E-state index contributed by atoms with van der Waals surface area (Å²) in [6, 6.07) is 3.68. The molecule has 0 aliphatic heterocycles. The number of alkyl halides is 2. The number of methoxy groups -OCH3 is 1. The Balaban J connectivity index is 2.85. The highest BCUT2D eigenvalue weighted by molar-refractivity contribution is 5.97. The van der Waals surface area contributed by atoms with Crippen molar-refractivity contribution in [1.82, 2.24) is 5.32 Å². The van der Waals surface area contributed by atoms with Gasteiger partial charge in [-0.2, -0.15) is 0 Å². The van der Waals surface area contributed by atoms with Gasteiger partial charge in [-0.15, -0.1) is 0 Å². The highest BCUT2D eigenvalue weighted by Crippen LogP contribution is 2.21. The van der Waals surface area contributed by atoms with E-state index in [0.29, 0.717) is 0 Å². The summed E-state index contributed by atoms with van der Waals surface area (Å²) in [4.78, 5) is 11.6. The summed E-state index contributed by atoms with van der Waals surface area (Å²) < 4.78 is 43.6. The van der Waals surface area contributed by atoms with Gasteiger partial charge in [0, 0.05) is 0 Å². The van der Waals surface area contributed by atoms with Gasteiger partial charge in [-0.25, -0.2) is 13.2 Å². The molecule has 0 aliphatic rings. The fourth-order valence-electron chi connectivity index (χ4n) is 1.25. The summed E-state index contributed by atoms with van der Waals surface area (Å²) in [5, 5.41) is 10.2. The summed E-state index contributed by atoms with van der Waals surface area (Å²) in [6.07, 6.45) is 0. The lowest BCUT2D eigenvalue weighted by atomic mass is 10.1. The minimum Gasteiger partial charge on any atom is -0.496 e. The van der Waals surface area contributed by atoms with Crippen LogP contribution in [-0.4, -0.2) is 37.2 Å². The molecule has 1 rings (SSSR count). The summed E-state index contributed by atoms with van der Waals surface area (Å²) in [5.41, 5.74) is -0.450. The number of rotatable bonds is 5. The molecular weight excluding hydrogens is 251 g/mol. The third-order valence-corrected chi connectivity index (χ3v) is 2.16. The topological polar surface area (TPSA) is 58.6 Å².